The Balaban J connectivity index is 2.01. The minimum atomic E-state index is -0.373. The normalized spacial score (nSPS) is 16.3. The molecule has 0 aromatic heterocycles. The minimum absolute atomic E-state index is 0.0625. The number of aliphatic hydroxyl groups is 1. The molecule has 1 aliphatic rings. The van der Waals surface area contributed by atoms with E-state index in [2.05, 4.69) is 10.6 Å². The molecule has 1 amide bonds. The second-order valence-corrected chi connectivity index (χ2v) is 5.25. The van der Waals surface area contributed by atoms with Gasteiger partial charge in [-0.2, -0.15) is 0 Å². The van der Waals surface area contributed by atoms with Crippen LogP contribution in [0, 0.1) is 5.41 Å². The van der Waals surface area contributed by atoms with Gasteiger partial charge in [-0.25, -0.2) is 0 Å². The Morgan fingerprint density at radius 1 is 1.50 bits per heavy atom. The molecular formula is C15H22N2O3. The van der Waals surface area contributed by atoms with Gasteiger partial charge in [-0.3, -0.25) is 4.79 Å². The Morgan fingerprint density at radius 3 is 2.90 bits per heavy atom. The zero-order chi connectivity index (χ0) is 14.4. The van der Waals surface area contributed by atoms with Crippen LogP contribution in [0.2, 0.25) is 0 Å². The summed E-state index contributed by atoms with van der Waals surface area (Å²) in [6, 6.07) is 7.83. The molecule has 1 heterocycles. The molecule has 1 aromatic rings. The topological polar surface area (TPSA) is 70.6 Å². The maximum absolute atomic E-state index is 12.3. The number of ether oxygens (including phenoxy) is 1. The van der Waals surface area contributed by atoms with Crippen molar-refractivity contribution in [3.63, 3.8) is 0 Å². The van der Waals surface area contributed by atoms with Crippen molar-refractivity contribution < 1.29 is 14.6 Å². The Hall–Kier alpha value is -1.59. The first kappa shape index (κ1) is 14.8. The molecule has 0 unspecified atom stereocenters. The van der Waals surface area contributed by atoms with Crippen LogP contribution in [0.15, 0.2) is 24.3 Å². The molecule has 1 saturated heterocycles. The summed E-state index contributed by atoms with van der Waals surface area (Å²) in [5, 5.41) is 14.9. The summed E-state index contributed by atoms with van der Waals surface area (Å²) in [6.07, 6.45) is 1.29. The smallest absolute Gasteiger partial charge is 0.229 e. The number of nitrogens with one attached hydrogen (secondary N) is 2. The van der Waals surface area contributed by atoms with E-state index in [0.29, 0.717) is 32.5 Å². The summed E-state index contributed by atoms with van der Waals surface area (Å²) < 4.78 is 5.22. The van der Waals surface area contributed by atoms with E-state index in [-0.39, 0.29) is 17.9 Å². The van der Waals surface area contributed by atoms with Crippen LogP contribution >= 0.6 is 0 Å². The molecule has 0 spiro atoms. The molecule has 1 aliphatic heterocycles. The number of amides is 1. The van der Waals surface area contributed by atoms with Gasteiger partial charge in [-0.15, -0.1) is 0 Å². The molecule has 1 aromatic carbocycles. The van der Waals surface area contributed by atoms with Crippen LogP contribution in [0.3, 0.4) is 0 Å². The molecule has 1 fully saturated rings. The second kappa shape index (κ2) is 6.72. The van der Waals surface area contributed by atoms with E-state index in [1.165, 1.54) is 0 Å². The van der Waals surface area contributed by atoms with Crippen molar-refractivity contribution in [1.29, 1.82) is 0 Å². The van der Waals surface area contributed by atoms with Crippen molar-refractivity contribution >= 4 is 5.91 Å². The molecule has 5 nitrogen and oxygen atoms in total. The molecule has 0 bridgehead atoms. The molecule has 0 aliphatic carbocycles. The van der Waals surface area contributed by atoms with Crippen LogP contribution in [-0.2, 0) is 11.2 Å². The molecule has 0 radical (unpaired) electrons. The third-order valence-corrected chi connectivity index (χ3v) is 3.71. The SMILES string of the molecule is COc1cccc(CC2(C(=O)NCCCO)CNC2)c1. The summed E-state index contributed by atoms with van der Waals surface area (Å²) in [7, 11) is 1.64. The van der Waals surface area contributed by atoms with Gasteiger partial charge in [0.05, 0.1) is 12.5 Å². The molecule has 0 saturated carbocycles. The van der Waals surface area contributed by atoms with Gasteiger partial charge in [0.25, 0.3) is 0 Å². The van der Waals surface area contributed by atoms with Gasteiger partial charge in [0, 0.05) is 26.2 Å². The number of aliphatic hydroxyl groups excluding tert-OH is 1. The monoisotopic (exact) mass is 278 g/mol. The quantitative estimate of drug-likeness (QED) is 0.629. The number of methoxy groups -OCH3 is 1. The highest BCUT2D eigenvalue weighted by Gasteiger charge is 2.43. The van der Waals surface area contributed by atoms with Crippen molar-refractivity contribution in [3.8, 4) is 5.75 Å². The fraction of sp³-hybridized carbons (Fsp3) is 0.533. The van der Waals surface area contributed by atoms with Crippen molar-refractivity contribution in [2.45, 2.75) is 12.8 Å². The van der Waals surface area contributed by atoms with Gasteiger partial charge in [-0.1, -0.05) is 12.1 Å². The van der Waals surface area contributed by atoms with Crippen LogP contribution in [0.1, 0.15) is 12.0 Å². The van der Waals surface area contributed by atoms with Crippen LogP contribution in [0.25, 0.3) is 0 Å². The highest BCUT2D eigenvalue weighted by Crippen LogP contribution is 2.29. The van der Waals surface area contributed by atoms with Gasteiger partial charge in [0.15, 0.2) is 0 Å². The van der Waals surface area contributed by atoms with E-state index < -0.39 is 0 Å². The van der Waals surface area contributed by atoms with Crippen molar-refractivity contribution in [1.82, 2.24) is 10.6 Å². The molecule has 2 rings (SSSR count). The number of rotatable bonds is 7. The predicted octanol–water partition coefficient (Wildman–Crippen LogP) is 0.326. The van der Waals surface area contributed by atoms with E-state index in [4.69, 9.17) is 9.84 Å². The third kappa shape index (κ3) is 3.29. The molecule has 0 atom stereocenters. The summed E-state index contributed by atoms with van der Waals surface area (Å²) in [5.41, 5.74) is 0.727. The first-order chi connectivity index (χ1) is 9.70. The highest BCUT2D eigenvalue weighted by molar-refractivity contribution is 5.84. The lowest BCUT2D eigenvalue weighted by Gasteiger charge is -2.41. The fourth-order valence-electron chi connectivity index (χ4n) is 2.43. The standard InChI is InChI=1S/C15H22N2O3/c1-20-13-5-2-4-12(8-13)9-15(10-16-11-15)14(19)17-6-3-7-18/h2,4-5,8,16,18H,3,6-7,9-11H2,1H3,(H,17,19). The van der Waals surface area contributed by atoms with Gasteiger partial charge < -0.3 is 20.5 Å². The van der Waals surface area contributed by atoms with Gasteiger partial charge in [0.2, 0.25) is 5.91 Å². The van der Waals surface area contributed by atoms with Gasteiger partial charge >= 0.3 is 0 Å². The van der Waals surface area contributed by atoms with Gasteiger partial charge in [-0.05, 0) is 30.5 Å². The van der Waals surface area contributed by atoms with Gasteiger partial charge in [0.1, 0.15) is 5.75 Å². The maximum atomic E-state index is 12.3. The van der Waals surface area contributed by atoms with Crippen LogP contribution in [0.5, 0.6) is 5.75 Å². The molecule has 5 heteroatoms. The van der Waals surface area contributed by atoms with E-state index in [1.54, 1.807) is 7.11 Å². The minimum Gasteiger partial charge on any atom is -0.497 e. The maximum Gasteiger partial charge on any atom is 0.229 e. The lowest BCUT2D eigenvalue weighted by molar-refractivity contribution is -0.133. The Bertz CT molecular complexity index is 458. The third-order valence-electron chi connectivity index (χ3n) is 3.71. The first-order valence-electron chi connectivity index (χ1n) is 6.93. The number of carbonyl (C=O) groups excluding carboxylic acids is 1. The van der Waals surface area contributed by atoms with Crippen molar-refractivity contribution in [2.24, 2.45) is 5.41 Å². The molecule has 20 heavy (non-hydrogen) atoms. The first-order valence-corrected chi connectivity index (χ1v) is 6.93. The van der Waals surface area contributed by atoms with Crippen LogP contribution in [0.4, 0.5) is 0 Å². The largest absolute Gasteiger partial charge is 0.497 e. The Morgan fingerprint density at radius 2 is 2.30 bits per heavy atom. The van der Waals surface area contributed by atoms with E-state index in [9.17, 15) is 4.79 Å². The Labute approximate surface area is 119 Å². The van der Waals surface area contributed by atoms with Crippen LogP contribution in [-0.4, -0.2) is 44.4 Å². The van der Waals surface area contributed by atoms with E-state index >= 15 is 0 Å². The summed E-state index contributed by atoms with van der Waals surface area (Å²) in [6.45, 7) is 2.00. The average molecular weight is 278 g/mol. The summed E-state index contributed by atoms with van der Waals surface area (Å²) in [5.74, 6) is 0.873. The lowest BCUT2D eigenvalue weighted by Crippen LogP contribution is -2.62. The van der Waals surface area contributed by atoms with E-state index in [1.807, 2.05) is 24.3 Å². The molecule has 110 valence electrons. The molecule has 3 N–H and O–H groups in total. The number of benzene rings is 1. The zero-order valence-electron chi connectivity index (χ0n) is 11.8. The van der Waals surface area contributed by atoms with Crippen molar-refractivity contribution in [2.75, 3.05) is 33.4 Å². The lowest BCUT2D eigenvalue weighted by atomic mass is 9.75. The van der Waals surface area contributed by atoms with E-state index in [0.717, 1.165) is 11.3 Å². The van der Waals surface area contributed by atoms with Crippen LogP contribution < -0.4 is 15.4 Å². The second-order valence-electron chi connectivity index (χ2n) is 5.25. The number of hydrogen-bond donors (Lipinski definition) is 3. The number of carbonyl (C=O) groups is 1. The highest BCUT2D eigenvalue weighted by atomic mass is 16.5. The zero-order valence-corrected chi connectivity index (χ0v) is 11.8. The molecular weight excluding hydrogens is 256 g/mol. The predicted molar refractivity (Wildman–Crippen MR) is 76.7 cm³/mol. The summed E-state index contributed by atoms with van der Waals surface area (Å²) >= 11 is 0. The Kier molecular flexibility index (Phi) is 4.98. The van der Waals surface area contributed by atoms with Crippen molar-refractivity contribution in [3.05, 3.63) is 29.8 Å². The summed E-state index contributed by atoms with van der Waals surface area (Å²) in [4.78, 5) is 12.3. The number of hydrogen-bond acceptors (Lipinski definition) is 4. The average Bonchev–Trinajstić information content (AvgIpc) is 2.43. The fourth-order valence-corrected chi connectivity index (χ4v) is 2.43.